The molecule has 5 nitrogen and oxygen atoms in total. The van der Waals surface area contributed by atoms with Gasteiger partial charge in [0.2, 0.25) is 0 Å². The van der Waals surface area contributed by atoms with Gasteiger partial charge in [0.15, 0.2) is 0 Å². The van der Waals surface area contributed by atoms with Crippen LogP contribution in [0.4, 0.5) is 0 Å². The van der Waals surface area contributed by atoms with Gasteiger partial charge < -0.3 is 14.2 Å². The zero-order valence-corrected chi connectivity index (χ0v) is 26.2. The smallest absolute Gasteiger partial charge is 0.303 e. The van der Waals surface area contributed by atoms with E-state index in [2.05, 4.69) is 48.5 Å². The molecular formula is C34H54O5. The summed E-state index contributed by atoms with van der Waals surface area (Å²) in [4.78, 5) is 23.7. The average molecular weight is 543 g/mol. The lowest BCUT2D eigenvalue weighted by Crippen LogP contribution is -2.58. The van der Waals surface area contributed by atoms with E-state index in [0.717, 1.165) is 18.8 Å². The average Bonchev–Trinajstić information content (AvgIpc) is 3.28. The molecule has 11 atom stereocenters. The number of carbonyl (C=O) groups excluding carboxylic acids is 2. The maximum Gasteiger partial charge on any atom is 0.303 e. The molecule has 0 aromatic carbocycles. The maximum absolute atomic E-state index is 11.9. The molecule has 5 aliphatic carbocycles. The highest BCUT2D eigenvalue weighted by Crippen LogP contribution is 2.89. The summed E-state index contributed by atoms with van der Waals surface area (Å²) >= 11 is 0. The first-order valence-corrected chi connectivity index (χ1v) is 16.1. The molecule has 0 radical (unpaired) electrons. The van der Waals surface area contributed by atoms with E-state index < -0.39 is 5.60 Å². The molecule has 6 aliphatic rings. The van der Waals surface area contributed by atoms with E-state index in [-0.39, 0.29) is 35.7 Å². The lowest BCUT2D eigenvalue weighted by atomic mass is 9.41. The molecule has 5 saturated carbocycles. The number of hydrogen-bond donors (Lipinski definition) is 0. The molecule has 220 valence electrons. The van der Waals surface area contributed by atoms with Crippen LogP contribution in [0, 0.1) is 50.7 Å². The molecule has 0 amide bonds. The topological polar surface area (TPSA) is 61.8 Å². The van der Waals surface area contributed by atoms with Gasteiger partial charge in [-0.05, 0) is 117 Å². The quantitative estimate of drug-likeness (QED) is 0.344. The number of rotatable bonds is 4. The van der Waals surface area contributed by atoms with Crippen molar-refractivity contribution in [1.29, 1.82) is 0 Å². The van der Waals surface area contributed by atoms with E-state index >= 15 is 0 Å². The first-order valence-electron chi connectivity index (χ1n) is 16.1. The Bertz CT molecular complexity index is 1050. The molecule has 5 heteroatoms. The Morgan fingerprint density at radius 1 is 0.744 bits per heavy atom. The highest BCUT2D eigenvalue weighted by atomic mass is 16.6. The molecule has 1 saturated heterocycles. The SMILES string of the molecule is CC(=O)O[C@H]1C[C@@H]([C@@H](C)[C@H]2CC[C@@]3(C)[C@@H]4CC[C@H]5C(C)(C)[C@@H](OC(C)=O)CC[C@@]56C[C@@]46CC[C@]23C)OC1(C)C. The third kappa shape index (κ3) is 3.59. The van der Waals surface area contributed by atoms with E-state index in [4.69, 9.17) is 14.2 Å². The summed E-state index contributed by atoms with van der Waals surface area (Å²) in [5, 5.41) is 0. The van der Waals surface area contributed by atoms with Crippen molar-refractivity contribution in [1.82, 2.24) is 0 Å². The summed E-state index contributed by atoms with van der Waals surface area (Å²) in [6.07, 6.45) is 12.4. The minimum absolute atomic E-state index is 0.0534. The van der Waals surface area contributed by atoms with Gasteiger partial charge in [0.25, 0.3) is 0 Å². The largest absolute Gasteiger partial charge is 0.462 e. The van der Waals surface area contributed by atoms with Crippen LogP contribution in [0.1, 0.15) is 127 Å². The third-order valence-electron chi connectivity index (χ3n) is 14.6. The van der Waals surface area contributed by atoms with Gasteiger partial charge in [-0.3, -0.25) is 9.59 Å². The Hall–Kier alpha value is -1.10. The number of fused-ring (bicyclic) bond motifs is 2. The van der Waals surface area contributed by atoms with Gasteiger partial charge in [-0.15, -0.1) is 0 Å². The van der Waals surface area contributed by atoms with E-state index in [1.165, 1.54) is 58.3 Å². The number of hydrogen-bond acceptors (Lipinski definition) is 5. The zero-order valence-electron chi connectivity index (χ0n) is 26.2. The molecule has 0 bridgehead atoms. The summed E-state index contributed by atoms with van der Waals surface area (Å²) in [5.41, 5.74) is 1.25. The minimum atomic E-state index is -0.430. The van der Waals surface area contributed by atoms with Gasteiger partial charge >= 0.3 is 11.9 Å². The lowest BCUT2D eigenvalue weighted by molar-refractivity contribution is -0.183. The van der Waals surface area contributed by atoms with Crippen molar-refractivity contribution in [3.63, 3.8) is 0 Å². The van der Waals surface area contributed by atoms with Crippen LogP contribution in [0.2, 0.25) is 0 Å². The molecule has 2 spiro atoms. The van der Waals surface area contributed by atoms with E-state index in [0.29, 0.717) is 39.4 Å². The van der Waals surface area contributed by atoms with E-state index in [1.54, 1.807) is 6.92 Å². The van der Waals surface area contributed by atoms with Crippen molar-refractivity contribution < 1.29 is 23.8 Å². The van der Waals surface area contributed by atoms with Gasteiger partial charge in [0, 0.05) is 25.7 Å². The molecule has 0 N–H and O–H groups in total. The fourth-order valence-electron chi connectivity index (χ4n) is 12.6. The van der Waals surface area contributed by atoms with Crippen LogP contribution in [0.15, 0.2) is 0 Å². The number of ether oxygens (including phenoxy) is 3. The van der Waals surface area contributed by atoms with Gasteiger partial charge in [-0.1, -0.05) is 34.6 Å². The molecule has 0 unspecified atom stereocenters. The van der Waals surface area contributed by atoms with Crippen LogP contribution in [-0.2, 0) is 23.8 Å². The van der Waals surface area contributed by atoms with Gasteiger partial charge in [-0.25, -0.2) is 0 Å². The molecule has 1 aliphatic heterocycles. The van der Waals surface area contributed by atoms with Crippen LogP contribution < -0.4 is 0 Å². The fraction of sp³-hybridized carbons (Fsp3) is 0.941. The van der Waals surface area contributed by atoms with E-state index in [1.807, 2.05) is 0 Å². The highest BCUT2D eigenvalue weighted by Gasteiger charge is 2.82. The molecule has 6 fully saturated rings. The summed E-state index contributed by atoms with van der Waals surface area (Å²) < 4.78 is 18.3. The summed E-state index contributed by atoms with van der Waals surface area (Å²) in [7, 11) is 0. The highest BCUT2D eigenvalue weighted by molar-refractivity contribution is 5.66. The first-order chi connectivity index (χ1) is 18.0. The minimum Gasteiger partial charge on any atom is -0.462 e. The van der Waals surface area contributed by atoms with Crippen LogP contribution in [0.25, 0.3) is 0 Å². The second kappa shape index (κ2) is 8.48. The van der Waals surface area contributed by atoms with E-state index in [9.17, 15) is 9.59 Å². The van der Waals surface area contributed by atoms with Crippen molar-refractivity contribution in [2.45, 2.75) is 150 Å². The Kier molecular flexibility index (Phi) is 6.09. The van der Waals surface area contributed by atoms with Crippen LogP contribution in [-0.4, -0.2) is 35.9 Å². The Balaban J connectivity index is 1.23. The van der Waals surface area contributed by atoms with Gasteiger partial charge in [0.05, 0.1) is 11.7 Å². The van der Waals surface area contributed by atoms with Crippen molar-refractivity contribution in [2.24, 2.45) is 50.7 Å². The van der Waals surface area contributed by atoms with Crippen molar-refractivity contribution >= 4 is 11.9 Å². The first kappa shape index (κ1) is 28.0. The monoisotopic (exact) mass is 542 g/mol. The second-order valence-electron chi connectivity index (χ2n) is 16.6. The normalized spacial score (nSPS) is 51.5. The Morgan fingerprint density at radius 3 is 2.03 bits per heavy atom. The van der Waals surface area contributed by atoms with Crippen LogP contribution in [0.5, 0.6) is 0 Å². The zero-order chi connectivity index (χ0) is 28.4. The molecule has 1 heterocycles. The van der Waals surface area contributed by atoms with Crippen LogP contribution >= 0.6 is 0 Å². The number of esters is 2. The van der Waals surface area contributed by atoms with Crippen molar-refractivity contribution in [2.75, 3.05) is 0 Å². The standard InChI is InChI=1S/C34H54O5/c1-20(24-18-28(38-22(3)36)30(6,7)39-24)23-12-14-32(9)26-11-10-25-29(4,5)27(37-21(2)35)13-15-33(25)19-34(26,33)17-16-31(23,32)8/h20,23-28H,10-19H2,1-9H3/t20-,23+,24-,25-,26-,27-,28-,31+,32-,33+,34-/m0/s1. The Labute approximate surface area is 236 Å². The second-order valence-corrected chi connectivity index (χ2v) is 16.6. The lowest BCUT2D eigenvalue weighted by Gasteiger charge is -2.63. The molecule has 0 aromatic rings. The third-order valence-corrected chi connectivity index (χ3v) is 14.6. The summed E-state index contributed by atoms with van der Waals surface area (Å²) in [5.74, 6) is 2.23. The molecular weight excluding hydrogens is 488 g/mol. The molecule has 6 rings (SSSR count). The summed E-state index contributed by atoms with van der Waals surface area (Å²) in [6.45, 7) is 19.8. The molecule has 0 aromatic heterocycles. The fourth-order valence-corrected chi connectivity index (χ4v) is 12.6. The Morgan fingerprint density at radius 2 is 1.36 bits per heavy atom. The van der Waals surface area contributed by atoms with Gasteiger partial charge in [-0.2, -0.15) is 0 Å². The van der Waals surface area contributed by atoms with Gasteiger partial charge in [0.1, 0.15) is 12.2 Å². The number of carbonyl (C=O) groups is 2. The maximum atomic E-state index is 11.9. The predicted molar refractivity (Wildman–Crippen MR) is 151 cm³/mol. The van der Waals surface area contributed by atoms with Crippen LogP contribution in [0.3, 0.4) is 0 Å². The van der Waals surface area contributed by atoms with Crippen molar-refractivity contribution in [3.8, 4) is 0 Å². The molecule has 39 heavy (non-hydrogen) atoms. The summed E-state index contributed by atoms with van der Waals surface area (Å²) in [6, 6.07) is 0. The predicted octanol–water partition coefficient (Wildman–Crippen LogP) is 7.49. The van der Waals surface area contributed by atoms with Crippen molar-refractivity contribution in [3.05, 3.63) is 0 Å².